The summed E-state index contributed by atoms with van der Waals surface area (Å²) in [5, 5.41) is 12.3. The van der Waals surface area contributed by atoms with Crippen LogP contribution in [0.3, 0.4) is 0 Å². The number of carboxylic acids is 1. The summed E-state index contributed by atoms with van der Waals surface area (Å²) in [4.78, 5) is 25.4. The molecule has 1 atom stereocenters. The van der Waals surface area contributed by atoms with E-state index in [9.17, 15) is 9.59 Å². The first-order chi connectivity index (χ1) is 12.1. The lowest BCUT2D eigenvalue weighted by molar-refractivity contribution is -0.118. The van der Waals surface area contributed by atoms with Crippen LogP contribution in [0, 0.1) is 0 Å². The van der Waals surface area contributed by atoms with Crippen molar-refractivity contribution >= 4 is 17.6 Å². The van der Waals surface area contributed by atoms with Crippen LogP contribution in [-0.4, -0.2) is 36.7 Å². The van der Waals surface area contributed by atoms with Crippen LogP contribution in [0.25, 0.3) is 0 Å². The number of hydrogen-bond acceptors (Lipinski definition) is 4. The number of carbonyl (C=O) groups is 2. The standard InChI is InChI=1S/C19H20N2O4/c1-25-17-8-3-2-7-16(17)21-10-9-15(18(21)22)20-12-13-5-4-6-14(11-13)19(23)24/h2-8,11,15,20H,9-10,12H2,1H3,(H,23,24). The minimum atomic E-state index is -0.957. The van der Waals surface area contributed by atoms with E-state index in [1.807, 2.05) is 30.3 Å². The topological polar surface area (TPSA) is 78.9 Å². The molecule has 0 aliphatic carbocycles. The van der Waals surface area contributed by atoms with Crippen LogP contribution in [0.2, 0.25) is 0 Å². The molecule has 0 saturated carbocycles. The summed E-state index contributed by atoms with van der Waals surface area (Å²) in [6.45, 7) is 1.06. The Balaban J connectivity index is 1.67. The zero-order valence-corrected chi connectivity index (χ0v) is 13.9. The fourth-order valence-electron chi connectivity index (χ4n) is 3.02. The molecule has 1 aliphatic heterocycles. The Kier molecular flexibility index (Phi) is 5.00. The van der Waals surface area contributed by atoms with Gasteiger partial charge < -0.3 is 20.1 Å². The maximum atomic E-state index is 12.7. The number of hydrogen-bond donors (Lipinski definition) is 2. The number of methoxy groups -OCH3 is 1. The first-order valence-electron chi connectivity index (χ1n) is 8.10. The van der Waals surface area contributed by atoms with Crippen LogP contribution in [0.4, 0.5) is 5.69 Å². The Hall–Kier alpha value is -2.86. The first kappa shape index (κ1) is 17.0. The van der Waals surface area contributed by atoms with Crippen LogP contribution in [0.1, 0.15) is 22.3 Å². The zero-order chi connectivity index (χ0) is 17.8. The van der Waals surface area contributed by atoms with Crippen molar-refractivity contribution in [2.75, 3.05) is 18.6 Å². The monoisotopic (exact) mass is 340 g/mol. The number of carboxylic acid groups (broad SMARTS) is 1. The fourth-order valence-corrected chi connectivity index (χ4v) is 3.02. The van der Waals surface area contributed by atoms with E-state index in [1.54, 1.807) is 30.2 Å². The third kappa shape index (κ3) is 3.64. The normalized spacial score (nSPS) is 16.9. The molecule has 2 aromatic carbocycles. The van der Waals surface area contributed by atoms with E-state index in [0.29, 0.717) is 25.3 Å². The number of anilines is 1. The van der Waals surface area contributed by atoms with E-state index in [2.05, 4.69) is 5.32 Å². The highest BCUT2D eigenvalue weighted by Gasteiger charge is 2.33. The van der Waals surface area contributed by atoms with Gasteiger partial charge in [-0.1, -0.05) is 24.3 Å². The van der Waals surface area contributed by atoms with E-state index < -0.39 is 5.97 Å². The molecule has 1 heterocycles. The van der Waals surface area contributed by atoms with Crippen LogP contribution in [0.5, 0.6) is 5.75 Å². The number of aromatic carboxylic acids is 1. The lowest BCUT2D eigenvalue weighted by Crippen LogP contribution is -2.38. The SMILES string of the molecule is COc1ccccc1N1CCC(NCc2cccc(C(=O)O)c2)C1=O. The third-order valence-electron chi connectivity index (χ3n) is 4.31. The Bertz CT molecular complexity index is 790. The Morgan fingerprint density at radius 2 is 2.08 bits per heavy atom. The molecule has 0 aromatic heterocycles. The predicted octanol–water partition coefficient (Wildman–Crippen LogP) is 2.29. The van der Waals surface area contributed by atoms with Gasteiger partial charge in [0.25, 0.3) is 0 Å². The third-order valence-corrected chi connectivity index (χ3v) is 4.31. The quantitative estimate of drug-likeness (QED) is 0.843. The van der Waals surface area contributed by atoms with Crippen molar-refractivity contribution in [3.8, 4) is 5.75 Å². The maximum Gasteiger partial charge on any atom is 0.335 e. The average molecular weight is 340 g/mol. The van der Waals surface area contributed by atoms with Crippen molar-refractivity contribution in [2.45, 2.75) is 19.0 Å². The van der Waals surface area contributed by atoms with Crippen molar-refractivity contribution in [2.24, 2.45) is 0 Å². The summed E-state index contributed by atoms with van der Waals surface area (Å²) < 4.78 is 5.34. The van der Waals surface area contributed by atoms with Gasteiger partial charge in [-0.3, -0.25) is 4.79 Å². The molecule has 3 rings (SSSR count). The summed E-state index contributed by atoms with van der Waals surface area (Å²) in [5.41, 5.74) is 1.85. The number of rotatable bonds is 6. The molecule has 0 spiro atoms. The smallest absolute Gasteiger partial charge is 0.335 e. The fraction of sp³-hybridized carbons (Fsp3) is 0.263. The van der Waals surface area contributed by atoms with Crippen molar-refractivity contribution in [3.05, 3.63) is 59.7 Å². The predicted molar refractivity (Wildman–Crippen MR) is 94.0 cm³/mol. The van der Waals surface area contributed by atoms with E-state index >= 15 is 0 Å². The number of ether oxygens (including phenoxy) is 1. The van der Waals surface area contributed by atoms with Crippen LogP contribution < -0.4 is 15.0 Å². The number of para-hydroxylation sites is 2. The van der Waals surface area contributed by atoms with E-state index in [-0.39, 0.29) is 17.5 Å². The van der Waals surface area contributed by atoms with Gasteiger partial charge in [0.1, 0.15) is 5.75 Å². The molecule has 130 valence electrons. The van der Waals surface area contributed by atoms with Gasteiger partial charge in [0, 0.05) is 13.1 Å². The van der Waals surface area contributed by atoms with Crippen molar-refractivity contribution in [1.82, 2.24) is 5.32 Å². The molecule has 2 aromatic rings. The summed E-state index contributed by atoms with van der Waals surface area (Å²) in [6.07, 6.45) is 0.690. The largest absolute Gasteiger partial charge is 0.495 e. The van der Waals surface area contributed by atoms with E-state index in [4.69, 9.17) is 9.84 Å². The highest BCUT2D eigenvalue weighted by atomic mass is 16.5. The molecule has 25 heavy (non-hydrogen) atoms. The number of nitrogens with one attached hydrogen (secondary N) is 1. The van der Waals surface area contributed by atoms with Gasteiger partial charge in [-0.2, -0.15) is 0 Å². The highest BCUT2D eigenvalue weighted by molar-refractivity contribution is 6.00. The summed E-state index contributed by atoms with van der Waals surface area (Å²) >= 11 is 0. The lowest BCUT2D eigenvalue weighted by Gasteiger charge is -2.19. The molecule has 1 aliphatic rings. The Labute approximate surface area is 146 Å². The number of amides is 1. The van der Waals surface area contributed by atoms with Gasteiger partial charge in [-0.25, -0.2) is 4.79 Å². The van der Waals surface area contributed by atoms with Gasteiger partial charge in [0.2, 0.25) is 5.91 Å². The molecular weight excluding hydrogens is 320 g/mol. The minimum absolute atomic E-state index is 0.00103. The maximum absolute atomic E-state index is 12.7. The van der Waals surface area contributed by atoms with Crippen LogP contribution in [-0.2, 0) is 11.3 Å². The molecule has 0 radical (unpaired) electrons. The van der Waals surface area contributed by atoms with Gasteiger partial charge in [0.05, 0.1) is 24.4 Å². The lowest BCUT2D eigenvalue weighted by atomic mass is 10.1. The number of carbonyl (C=O) groups excluding carboxylic acids is 1. The molecule has 0 bridgehead atoms. The van der Waals surface area contributed by atoms with Gasteiger partial charge in [-0.15, -0.1) is 0 Å². The molecule has 6 nitrogen and oxygen atoms in total. The summed E-state index contributed by atoms with van der Waals surface area (Å²) in [7, 11) is 1.59. The summed E-state index contributed by atoms with van der Waals surface area (Å²) in [6, 6.07) is 13.9. The molecule has 1 saturated heterocycles. The van der Waals surface area contributed by atoms with Crippen molar-refractivity contribution in [3.63, 3.8) is 0 Å². The molecule has 6 heteroatoms. The van der Waals surface area contributed by atoms with Crippen LogP contribution >= 0.6 is 0 Å². The summed E-state index contributed by atoms with van der Waals surface area (Å²) in [5.74, 6) is -0.286. The van der Waals surface area contributed by atoms with E-state index in [0.717, 1.165) is 11.3 Å². The second-order valence-corrected chi connectivity index (χ2v) is 5.89. The zero-order valence-electron chi connectivity index (χ0n) is 13.9. The first-order valence-corrected chi connectivity index (χ1v) is 8.10. The highest BCUT2D eigenvalue weighted by Crippen LogP contribution is 2.31. The minimum Gasteiger partial charge on any atom is -0.495 e. The molecular formula is C19H20N2O4. The Morgan fingerprint density at radius 3 is 2.84 bits per heavy atom. The van der Waals surface area contributed by atoms with Gasteiger partial charge in [-0.05, 0) is 36.2 Å². The van der Waals surface area contributed by atoms with Gasteiger partial charge >= 0.3 is 5.97 Å². The molecule has 2 N–H and O–H groups in total. The average Bonchev–Trinajstić information content (AvgIpc) is 3.00. The van der Waals surface area contributed by atoms with Crippen LogP contribution in [0.15, 0.2) is 48.5 Å². The second-order valence-electron chi connectivity index (χ2n) is 5.89. The second kappa shape index (κ2) is 7.36. The number of benzene rings is 2. The number of nitrogens with zero attached hydrogens (tertiary/aromatic N) is 1. The van der Waals surface area contributed by atoms with E-state index in [1.165, 1.54) is 0 Å². The Morgan fingerprint density at radius 1 is 1.28 bits per heavy atom. The molecule has 1 fully saturated rings. The van der Waals surface area contributed by atoms with Crippen molar-refractivity contribution < 1.29 is 19.4 Å². The van der Waals surface area contributed by atoms with Gasteiger partial charge in [0.15, 0.2) is 0 Å². The van der Waals surface area contributed by atoms with Crippen molar-refractivity contribution in [1.29, 1.82) is 0 Å². The molecule has 1 unspecified atom stereocenters. The molecule has 1 amide bonds.